The van der Waals surface area contributed by atoms with E-state index in [4.69, 9.17) is 4.74 Å². The van der Waals surface area contributed by atoms with Crippen molar-refractivity contribution >= 4 is 11.8 Å². The molecule has 0 bridgehead atoms. The van der Waals surface area contributed by atoms with Crippen molar-refractivity contribution in [3.8, 4) is 11.5 Å². The lowest BCUT2D eigenvalue weighted by Gasteiger charge is -2.11. The van der Waals surface area contributed by atoms with Gasteiger partial charge >= 0.3 is 0 Å². The fourth-order valence-electron chi connectivity index (χ4n) is 2.10. The predicted molar refractivity (Wildman–Crippen MR) is 76.4 cm³/mol. The molecule has 3 nitrogen and oxygen atoms in total. The number of rotatable bonds is 6. The Kier molecular flexibility index (Phi) is 5.20. The number of benzene rings is 1. The van der Waals surface area contributed by atoms with Crippen molar-refractivity contribution in [1.82, 2.24) is 5.32 Å². The molecule has 1 aromatic rings. The van der Waals surface area contributed by atoms with Crippen LogP contribution in [0.15, 0.2) is 18.2 Å². The Balaban J connectivity index is 1.82. The van der Waals surface area contributed by atoms with Gasteiger partial charge < -0.3 is 15.2 Å². The molecule has 2 N–H and O–H groups in total. The van der Waals surface area contributed by atoms with Gasteiger partial charge in [-0.2, -0.15) is 11.8 Å². The van der Waals surface area contributed by atoms with E-state index in [0.717, 1.165) is 24.6 Å². The number of nitrogens with one attached hydrogen (secondary N) is 1. The molecule has 100 valence electrons. The van der Waals surface area contributed by atoms with Gasteiger partial charge in [-0.25, -0.2) is 0 Å². The summed E-state index contributed by atoms with van der Waals surface area (Å²) in [6.45, 7) is 4.41. The Morgan fingerprint density at radius 3 is 3.11 bits per heavy atom. The Morgan fingerprint density at radius 1 is 1.50 bits per heavy atom. The Hall–Kier alpha value is -0.870. The van der Waals surface area contributed by atoms with E-state index in [2.05, 4.69) is 5.32 Å². The smallest absolute Gasteiger partial charge is 0.161 e. The minimum Gasteiger partial charge on any atom is -0.504 e. The predicted octanol–water partition coefficient (Wildman–Crippen LogP) is 2.63. The normalized spacial score (nSPS) is 19.1. The lowest BCUT2D eigenvalue weighted by Crippen LogP contribution is -2.22. The van der Waals surface area contributed by atoms with Gasteiger partial charge in [0, 0.05) is 6.54 Å². The van der Waals surface area contributed by atoms with Gasteiger partial charge in [-0.05, 0) is 55.0 Å². The SMILES string of the molecule is CCOc1cc(CNCC2CCSC2)ccc1O. The number of hydrogen-bond acceptors (Lipinski definition) is 4. The molecule has 1 aliphatic rings. The lowest BCUT2D eigenvalue weighted by atomic mass is 10.1. The van der Waals surface area contributed by atoms with Crippen molar-refractivity contribution in [3.63, 3.8) is 0 Å². The van der Waals surface area contributed by atoms with Gasteiger partial charge in [0.15, 0.2) is 11.5 Å². The monoisotopic (exact) mass is 267 g/mol. The molecule has 0 aromatic heterocycles. The number of phenolic OH excluding ortho intramolecular Hbond substituents is 1. The van der Waals surface area contributed by atoms with Crippen LogP contribution in [-0.4, -0.2) is 29.8 Å². The number of ether oxygens (including phenoxy) is 1. The first-order chi connectivity index (χ1) is 8.79. The largest absolute Gasteiger partial charge is 0.504 e. The number of thioether (sulfide) groups is 1. The fraction of sp³-hybridized carbons (Fsp3) is 0.571. The van der Waals surface area contributed by atoms with E-state index in [0.29, 0.717) is 12.4 Å². The van der Waals surface area contributed by atoms with E-state index in [1.807, 2.05) is 30.8 Å². The summed E-state index contributed by atoms with van der Waals surface area (Å²) in [6.07, 6.45) is 1.33. The van der Waals surface area contributed by atoms with Gasteiger partial charge in [-0.1, -0.05) is 6.07 Å². The van der Waals surface area contributed by atoms with Crippen LogP contribution in [0.5, 0.6) is 11.5 Å². The topological polar surface area (TPSA) is 41.5 Å². The van der Waals surface area contributed by atoms with Crippen molar-refractivity contribution in [2.24, 2.45) is 5.92 Å². The molecule has 0 amide bonds. The van der Waals surface area contributed by atoms with Crippen LogP contribution in [0.2, 0.25) is 0 Å². The molecule has 0 saturated carbocycles. The molecule has 0 radical (unpaired) electrons. The maximum atomic E-state index is 9.62. The molecule has 1 atom stereocenters. The third-order valence-electron chi connectivity index (χ3n) is 3.11. The quantitative estimate of drug-likeness (QED) is 0.831. The Bertz CT molecular complexity index is 378. The molecule has 0 spiro atoms. The summed E-state index contributed by atoms with van der Waals surface area (Å²) in [5.41, 5.74) is 1.15. The maximum Gasteiger partial charge on any atom is 0.161 e. The van der Waals surface area contributed by atoms with E-state index < -0.39 is 0 Å². The van der Waals surface area contributed by atoms with Gasteiger partial charge in [0.2, 0.25) is 0 Å². The van der Waals surface area contributed by atoms with E-state index in [1.54, 1.807) is 6.07 Å². The molecule has 1 aromatic carbocycles. The van der Waals surface area contributed by atoms with Gasteiger partial charge in [0.05, 0.1) is 6.61 Å². The molecule has 1 fully saturated rings. The number of phenols is 1. The highest BCUT2D eigenvalue weighted by Gasteiger charge is 2.14. The highest BCUT2D eigenvalue weighted by Crippen LogP contribution is 2.27. The van der Waals surface area contributed by atoms with Crippen LogP contribution in [0.1, 0.15) is 18.9 Å². The van der Waals surface area contributed by atoms with Crippen LogP contribution in [0.25, 0.3) is 0 Å². The summed E-state index contributed by atoms with van der Waals surface area (Å²) in [5, 5.41) is 13.1. The van der Waals surface area contributed by atoms with E-state index in [-0.39, 0.29) is 5.75 Å². The van der Waals surface area contributed by atoms with Crippen LogP contribution >= 0.6 is 11.8 Å². The number of aromatic hydroxyl groups is 1. The zero-order chi connectivity index (χ0) is 12.8. The molecule has 1 heterocycles. The molecule has 0 aliphatic carbocycles. The summed E-state index contributed by atoms with van der Waals surface area (Å²) in [4.78, 5) is 0. The van der Waals surface area contributed by atoms with Crippen LogP contribution in [0, 0.1) is 5.92 Å². The summed E-state index contributed by atoms with van der Waals surface area (Å²) in [7, 11) is 0. The second kappa shape index (κ2) is 6.90. The summed E-state index contributed by atoms with van der Waals surface area (Å²) < 4.78 is 5.38. The highest BCUT2D eigenvalue weighted by atomic mass is 32.2. The summed E-state index contributed by atoms with van der Waals surface area (Å²) >= 11 is 2.05. The molecular weight excluding hydrogens is 246 g/mol. The van der Waals surface area contributed by atoms with Crippen LogP contribution in [0.4, 0.5) is 0 Å². The minimum atomic E-state index is 0.216. The van der Waals surface area contributed by atoms with Crippen molar-refractivity contribution in [3.05, 3.63) is 23.8 Å². The lowest BCUT2D eigenvalue weighted by molar-refractivity contribution is 0.317. The average molecular weight is 267 g/mol. The Labute approximate surface area is 113 Å². The molecule has 1 unspecified atom stereocenters. The van der Waals surface area contributed by atoms with Crippen molar-refractivity contribution in [1.29, 1.82) is 0 Å². The van der Waals surface area contributed by atoms with Crippen molar-refractivity contribution < 1.29 is 9.84 Å². The summed E-state index contributed by atoms with van der Waals surface area (Å²) in [6, 6.07) is 5.55. The third kappa shape index (κ3) is 3.82. The van der Waals surface area contributed by atoms with Crippen LogP contribution < -0.4 is 10.1 Å². The van der Waals surface area contributed by atoms with Crippen LogP contribution in [-0.2, 0) is 6.54 Å². The first kappa shape index (κ1) is 13.6. The zero-order valence-electron chi connectivity index (χ0n) is 10.8. The average Bonchev–Trinajstić information content (AvgIpc) is 2.87. The maximum absolute atomic E-state index is 9.62. The standard InChI is InChI=1S/C14H21NO2S/c1-2-17-14-7-11(3-4-13(14)16)8-15-9-12-5-6-18-10-12/h3-4,7,12,15-16H,2,5-6,8-10H2,1H3. The van der Waals surface area contributed by atoms with Gasteiger partial charge in [-0.3, -0.25) is 0 Å². The molecule has 1 saturated heterocycles. The summed E-state index contributed by atoms with van der Waals surface area (Å²) in [5.74, 6) is 4.20. The van der Waals surface area contributed by atoms with E-state index in [1.165, 1.54) is 17.9 Å². The minimum absolute atomic E-state index is 0.216. The van der Waals surface area contributed by atoms with Crippen LogP contribution in [0.3, 0.4) is 0 Å². The first-order valence-corrected chi connectivity index (χ1v) is 7.68. The second-order valence-electron chi connectivity index (χ2n) is 4.60. The highest BCUT2D eigenvalue weighted by molar-refractivity contribution is 7.99. The van der Waals surface area contributed by atoms with Crippen molar-refractivity contribution in [2.45, 2.75) is 19.9 Å². The molecule has 4 heteroatoms. The van der Waals surface area contributed by atoms with Gasteiger partial charge in [0.1, 0.15) is 0 Å². The molecular formula is C14H21NO2S. The molecule has 18 heavy (non-hydrogen) atoms. The van der Waals surface area contributed by atoms with Crippen molar-refractivity contribution in [2.75, 3.05) is 24.7 Å². The molecule has 2 rings (SSSR count). The van der Waals surface area contributed by atoms with E-state index in [9.17, 15) is 5.11 Å². The Morgan fingerprint density at radius 2 is 2.39 bits per heavy atom. The number of hydrogen-bond donors (Lipinski definition) is 2. The molecule has 1 aliphatic heterocycles. The van der Waals surface area contributed by atoms with Gasteiger partial charge in [0.25, 0.3) is 0 Å². The zero-order valence-corrected chi connectivity index (χ0v) is 11.6. The third-order valence-corrected chi connectivity index (χ3v) is 4.34. The second-order valence-corrected chi connectivity index (χ2v) is 5.75. The van der Waals surface area contributed by atoms with E-state index >= 15 is 0 Å². The van der Waals surface area contributed by atoms with Gasteiger partial charge in [-0.15, -0.1) is 0 Å². The fourth-order valence-corrected chi connectivity index (χ4v) is 3.39. The first-order valence-electron chi connectivity index (χ1n) is 6.52.